The van der Waals surface area contributed by atoms with E-state index in [1.54, 1.807) is 11.4 Å². The highest BCUT2D eigenvalue weighted by molar-refractivity contribution is 7.89. The van der Waals surface area contributed by atoms with E-state index in [1.807, 2.05) is 30.3 Å². The lowest BCUT2D eigenvalue weighted by atomic mass is 10.1. The van der Waals surface area contributed by atoms with Gasteiger partial charge in [-0.2, -0.15) is 0 Å². The number of hydrogen-bond acceptors (Lipinski definition) is 3. The van der Waals surface area contributed by atoms with Crippen molar-refractivity contribution in [1.82, 2.24) is 9.62 Å². The maximum absolute atomic E-state index is 12.4. The van der Waals surface area contributed by atoms with E-state index in [-0.39, 0.29) is 11.8 Å². The zero-order chi connectivity index (χ0) is 14.4. The Morgan fingerprint density at radius 2 is 1.95 bits per heavy atom. The van der Waals surface area contributed by atoms with E-state index in [0.717, 1.165) is 37.9 Å². The Morgan fingerprint density at radius 1 is 1.20 bits per heavy atom. The molecule has 5 heteroatoms. The Hall–Kier alpha value is -0.910. The number of nitrogens with zero attached hydrogens (tertiary/aromatic N) is 1. The molecule has 112 valence electrons. The predicted molar refractivity (Wildman–Crippen MR) is 82.2 cm³/mol. The van der Waals surface area contributed by atoms with Gasteiger partial charge in [0.05, 0.1) is 5.75 Å². The molecule has 1 N–H and O–H groups in total. The number of nitrogens with one attached hydrogen (secondary N) is 1. The average molecular weight is 296 g/mol. The fourth-order valence-electron chi connectivity index (χ4n) is 2.63. The van der Waals surface area contributed by atoms with Crippen LogP contribution in [-0.4, -0.2) is 44.7 Å². The molecule has 1 fully saturated rings. The maximum Gasteiger partial charge on any atom is 0.214 e. The van der Waals surface area contributed by atoms with Crippen molar-refractivity contribution < 1.29 is 8.42 Å². The fraction of sp³-hybridized carbons (Fsp3) is 0.600. The molecule has 0 bridgehead atoms. The second-order valence-electron chi connectivity index (χ2n) is 5.40. The molecule has 0 aliphatic carbocycles. The van der Waals surface area contributed by atoms with Crippen LogP contribution in [0.4, 0.5) is 0 Å². The fourth-order valence-corrected chi connectivity index (χ4v) is 4.07. The minimum Gasteiger partial charge on any atom is -0.317 e. The highest BCUT2D eigenvalue weighted by Crippen LogP contribution is 2.16. The Bertz CT molecular complexity index is 494. The average Bonchev–Trinajstić information content (AvgIpc) is 2.74. The van der Waals surface area contributed by atoms with Crippen molar-refractivity contribution in [3.05, 3.63) is 35.9 Å². The van der Waals surface area contributed by atoms with Crippen LogP contribution < -0.4 is 5.32 Å². The van der Waals surface area contributed by atoms with Crippen LogP contribution in [0.15, 0.2) is 30.3 Å². The van der Waals surface area contributed by atoms with Crippen LogP contribution in [0.1, 0.15) is 24.8 Å². The van der Waals surface area contributed by atoms with E-state index in [9.17, 15) is 8.42 Å². The Labute approximate surface area is 122 Å². The van der Waals surface area contributed by atoms with Crippen LogP contribution in [0.3, 0.4) is 0 Å². The summed E-state index contributed by atoms with van der Waals surface area (Å²) in [6, 6.07) is 9.94. The molecule has 1 aliphatic heterocycles. The van der Waals surface area contributed by atoms with E-state index >= 15 is 0 Å². The van der Waals surface area contributed by atoms with Crippen molar-refractivity contribution in [2.24, 2.45) is 0 Å². The molecule has 1 aliphatic rings. The van der Waals surface area contributed by atoms with E-state index in [2.05, 4.69) is 5.32 Å². The summed E-state index contributed by atoms with van der Waals surface area (Å²) in [5.74, 6) is 0.192. The summed E-state index contributed by atoms with van der Waals surface area (Å²) >= 11 is 0. The second-order valence-corrected chi connectivity index (χ2v) is 7.55. The van der Waals surface area contributed by atoms with Crippen LogP contribution in [0.25, 0.3) is 0 Å². The minimum absolute atomic E-state index is 0.144. The first-order valence-electron chi connectivity index (χ1n) is 7.30. The van der Waals surface area contributed by atoms with E-state index in [4.69, 9.17) is 0 Å². The first-order chi connectivity index (χ1) is 9.59. The van der Waals surface area contributed by atoms with Crippen molar-refractivity contribution >= 4 is 10.0 Å². The van der Waals surface area contributed by atoms with Gasteiger partial charge < -0.3 is 5.32 Å². The first kappa shape index (κ1) is 15.5. The zero-order valence-corrected chi connectivity index (χ0v) is 12.9. The van der Waals surface area contributed by atoms with Gasteiger partial charge in [-0.1, -0.05) is 30.3 Å². The third-order valence-corrected chi connectivity index (χ3v) is 5.89. The first-order valence-corrected chi connectivity index (χ1v) is 8.91. The molecule has 0 amide bonds. The summed E-state index contributed by atoms with van der Waals surface area (Å²) in [4.78, 5) is 0. The van der Waals surface area contributed by atoms with Gasteiger partial charge in [-0.25, -0.2) is 12.7 Å². The van der Waals surface area contributed by atoms with Crippen molar-refractivity contribution in [3.8, 4) is 0 Å². The Kier molecular flexibility index (Phi) is 5.57. The van der Waals surface area contributed by atoms with Crippen molar-refractivity contribution in [2.45, 2.75) is 31.7 Å². The SMILES string of the molecule is CN(C1CCCNCC1)S(=O)(=O)CCc1ccccc1. The van der Waals surface area contributed by atoms with Crippen LogP contribution in [-0.2, 0) is 16.4 Å². The van der Waals surface area contributed by atoms with Crippen LogP contribution >= 0.6 is 0 Å². The van der Waals surface area contributed by atoms with Gasteiger partial charge in [0.25, 0.3) is 0 Å². The monoisotopic (exact) mass is 296 g/mol. The van der Waals surface area contributed by atoms with E-state index in [0.29, 0.717) is 6.42 Å². The highest BCUT2D eigenvalue weighted by atomic mass is 32.2. The van der Waals surface area contributed by atoms with Gasteiger partial charge in [0, 0.05) is 13.1 Å². The third-order valence-electron chi connectivity index (χ3n) is 3.99. The molecule has 1 atom stereocenters. The zero-order valence-electron chi connectivity index (χ0n) is 12.1. The van der Waals surface area contributed by atoms with Crippen LogP contribution in [0.2, 0.25) is 0 Å². The quantitative estimate of drug-likeness (QED) is 0.898. The molecular formula is C15H24N2O2S. The van der Waals surface area contributed by atoms with Gasteiger partial charge in [0.2, 0.25) is 10.0 Å². The maximum atomic E-state index is 12.4. The minimum atomic E-state index is -3.17. The number of aryl methyl sites for hydroxylation is 1. The molecule has 1 aromatic rings. The molecule has 1 saturated heterocycles. The van der Waals surface area contributed by atoms with Gasteiger partial charge >= 0.3 is 0 Å². The Morgan fingerprint density at radius 3 is 2.70 bits per heavy atom. The molecule has 4 nitrogen and oxygen atoms in total. The van der Waals surface area contributed by atoms with Gasteiger partial charge in [-0.15, -0.1) is 0 Å². The van der Waals surface area contributed by atoms with Gasteiger partial charge in [0.15, 0.2) is 0 Å². The molecule has 0 spiro atoms. The molecular weight excluding hydrogens is 272 g/mol. The van der Waals surface area contributed by atoms with Crippen molar-refractivity contribution in [2.75, 3.05) is 25.9 Å². The number of benzene rings is 1. The smallest absolute Gasteiger partial charge is 0.214 e. The molecule has 2 rings (SSSR count). The second kappa shape index (κ2) is 7.20. The Balaban J connectivity index is 1.94. The number of sulfonamides is 1. The van der Waals surface area contributed by atoms with Crippen LogP contribution in [0, 0.1) is 0 Å². The topological polar surface area (TPSA) is 49.4 Å². The molecule has 1 unspecified atom stereocenters. The lowest BCUT2D eigenvalue weighted by Gasteiger charge is -2.26. The largest absolute Gasteiger partial charge is 0.317 e. The van der Waals surface area contributed by atoms with E-state index in [1.165, 1.54) is 0 Å². The number of rotatable bonds is 5. The number of hydrogen-bond donors (Lipinski definition) is 1. The standard InChI is InChI=1S/C15H24N2O2S/c1-17(15-8-5-11-16-12-9-15)20(18,19)13-10-14-6-3-2-4-7-14/h2-4,6-7,15-16H,5,8-13H2,1H3. The molecule has 0 radical (unpaired) electrons. The summed E-state index contributed by atoms with van der Waals surface area (Å²) < 4.78 is 26.4. The van der Waals surface area contributed by atoms with Gasteiger partial charge in [-0.05, 0) is 44.3 Å². The van der Waals surface area contributed by atoms with E-state index < -0.39 is 10.0 Å². The highest BCUT2D eigenvalue weighted by Gasteiger charge is 2.26. The van der Waals surface area contributed by atoms with Crippen LogP contribution in [0.5, 0.6) is 0 Å². The summed E-state index contributed by atoms with van der Waals surface area (Å²) in [5.41, 5.74) is 1.08. The summed E-state index contributed by atoms with van der Waals surface area (Å²) in [5, 5.41) is 3.32. The predicted octanol–water partition coefficient (Wildman–Crippen LogP) is 1.63. The lowest BCUT2D eigenvalue weighted by Crippen LogP contribution is -2.39. The lowest BCUT2D eigenvalue weighted by molar-refractivity contribution is 0.341. The molecule has 1 heterocycles. The molecule has 1 aromatic carbocycles. The van der Waals surface area contributed by atoms with Crippen molar-refractivity contribution in [3.63, 3.8) is 0 Å². The molecule has 0 saturated carbocycles. The van der Waals surface area contributed by atoms with Gasteiger partial charge in [0.1, 0.15) is 0 Å². The summed E-state index contributed by atoms with van der Waals surface area (Å²) in [6.45, 7) is 1.90. The molecule has 20 heavy (non-hydrogen) atoms. The van der Waals surface area contributed by atoms with Crippen molar-refractivity contribution in [1.29, 1.82) is 0 Å². The summed E-state index contributed by atoms with van der Waals surface area (Å²) in [6.07, 6.45) is 3.48. The third kappa shape index (κ3) is 4.30. The molecule has 0 aromatic heterocycles. The van der Waals surface area contributed by atoms with Gasteiger partial charge in [-0.3, -0.25) is 0 Å². The normalized spacial score (nSPS) is 20.8. The summed E-state index contributed by atoms with van der Waals surface area (Å²) in [7, 11) is -1.44.